The van der Waals surface area contributed by atoms with Gasteiger partial charge in [0.15, 0.2) is 0 Å². The number of piperazine rings is 1. The van der Waals surface area contributed by atoms with Gasteiger partial charge in [0, 0.05) is 31.9 Å². The molecule has 0 spiro atoms. The Kier molecular flexibility index (Phi) is 4.54. The van der Waals surface area contributed by atoms with Gasteiger partial charge in [-0.1, -0.05) is 18.2 Å². The second kappa shape index (κ2) is 6.60. The van der Waals surface area contributed by atoms with Crippen LogP contribution >= 0.6 is 0 Å². The van der Waals surface area contributed by atoms with E-state index in [1.807, 2.05) is 30.3 Å². The van der Waals surface area contributed by atoms with E-state index in [2.05, 4.69) is 4.90 Å². The van der Waals surface area contributed by atoms with Crippen LogP contribution in [0.15, 0.2) is 59.5 Å². The van der Waals surface area contributed by atoms with Gasteiger partial charge in [0.2, 0.25) is 10.0 Å². The zero-order valence-corrected chi connectivity index (χ0v) is 13.9. The summed E-state index contributed by atoms with van der Waals surface area (Å²) in [5.74, 6) is 0.819. The molecule has 6 heteroatoms. The van der Waals surface area contributed by atoms with Gasteiger partial charge in [-0.05, 0) is 36.4 Å². The van der Waals surface area contributed by atoms with Crippen molar-refractivity contribution in [1.29, 1.82) is 0 Å². The summed E-state index contributed by atoms with van der Waals surface area (Å²) in [6, 6.07) is 16.4. The first-order valence-electron chi connectivity index (χ1n) is 7.55. The molecule has 0 radical (unpaired) electrons. The molecule has 0 atom stereocenters. The van der Waals surface area contributed by atoms with Crippen molar-refractivity contribution in [3.8, 4) is 5.75 Å². The van der Waals surface area contributed by atoms with E-state index in [4.69, 9.17) is 4.74 Å². The number of hydrogen-bond donors (Lipinski definition) is 0. The van der Waals surface area contributed by atoms with Crippen LogP contribution in [0.1, 0.15) is 0 Å². The van der Waals surface area contributed by atoms with Gasteiger partial charge in [-0.2, -0.15) is 4.31 Å². The highest BCUT2D eigenvalue weighted by atomic mass is 32.2. The van der Waals surface area contributed by atoms with E-state index in [1.165, 1.54) is 0 Å². The molecule has 2 aromatic rings. The van der Waals surface area contributed by atoms with Crippen LogP contribution in [0.5, 0.6) is 5.75 Å². The highest BCUT2D eigenvalue weighted by molar-refractivity contribution is 7.89. The van der Waals surface area contributed by atoms with Gasteiger partial charge in [-0.15, -0.1) is 0 Å². The number of anilines is 1. The molecule has 23 heavy (non-hydrogen) atoms. The molecule has 0 unspecified atom stereocenters. The lowest BCUT2D eigenvalue weighted by molar-refractivity contribution is 0.384. The summed E-state index contributed by atoms with van der Waals surface area (Å²) in [7, 11) is -1.75. The number of benzene rings is 2. The summed E-state index contributed by atoms with van der Waals surface area (Å²) in [5.41, 5.74) is 1.09. The molecule has 0 bridgehead atoms. The van der Waals surface area contributed by atoms with Crippen molar-refractivity contribution < 1.29 is 13.2 Å². The van der Waals surface area contributed by atoms with Crippen LogP contribution in [0, 0.1) is 0 Å². The molecular weight excluding hydrogens is 312 g/mol. The molecule has 0 aromatic heterocycles. The molecule has 1 aliphatic rings. The molecule has 0 saturated carbocycles. The zero-order chi connectivity index (χ0) is 16.3. The van der Waals surface area contributed by atoms with Crippen molar-refractivity contribution >= 4 is 15.7 Å². The quantitative estimate of drug-likeness (QED) is 0.861. The summed E-state index contributed by atoms with van der Waals surface area (Å²) >= 11 is 0. The molecule has 1 saturated heterocycles. The topological polar surface area (TPSA) is 49.9 Å². The Morgan fingerprint density at radius 3 is 2.04 bits per heavy atom. The molecule has 2 aromatic carbocycles. The lowest BCUT2D eigenvalue weighted by Crippen LogP contribution is -2.48. The molecular formula is C17H20N2O3S. The van der Waals surface area contributed by atoms with Crippen LogP contribution in [-0.4, -0.2) is 46.0 Å². The Hall–Kier alpha value is -2.05. The van der Waals surface area contributed by atoms with E-state index in [-0.39, 0.29) is 0 Å². The number of methoxy groups -OCH3 is 1. The number of rotatable bonds is 4. The van der Waals surface area contributed by atoms with Crippen LogP contribution in [0.4, 0.5) is 5.69 Å². The Morgan fingerprint density at radius 2 is 1.48 bits per heavy atom. The predicted octanol–water partition coefficient (Wildman–Crippen LogP) is 2.21. The van der Waals surface area contributed by atoms with E-state index in [0.717, 1.165) is 11.4 Å². The van der Waals surface area contributed by atoms with Gasteiger partial charge in [0.1, 0.15) is 5.75 Å². The van der Waals surface area contributed by atoms with Gasteiger partial charge in [-0.3, -0.25) is 0 Å². The number of ether oxygens (including phenoxy) is 1. The Labute approximate surface area is 137 Å². The molecule has 1 fully saturated rings. The van der Waals surface area contributed by atoms with Crippen LogP contribution in [0.2, 0.25) is 0 Å². The van der Waals surface area contributed by atoms with E-state index in [9.17, 15) is 8.42 Å². The highest BCUT2D eigenvalue weighted by Crippen LogP contribution is 2.23. The minimum atomic E-state index is -3.39. The predicted molar refractivity (Wildman–Crippen MR) is 90.4 cm³/mol. The molecule has 122 valence electrons. The fourth-order valence-electron chi connectivity index (χ4n) is 2.72. The fraction of sp³-hybridized carbons (Fsp3) is 0.294. The molecule has 0 amide bonds. The second-order valence-corrected chi connectivity index (χ2v) is 7.34. The molecule has 3 rings (SSSR count). The van der Waals surface area contributed by atoms with E-state index in [0.29, 0.717) is 31.1 Å². The average Bonchev–Trinajstić information content (AvgIpc) is 2.63. The zero-order valence-electron chi connectivity index (χ0n) is 13.1. The summed E-state index contributed by atoms with van der Waals surface area (Å²) < 4.78 is 31.9. The number of nitrogens with zero attached hydrogens (tertiary/aromatic N) is 2. The first-order valence-corrected chi connectivity index (χ1v) is 8.99. The third-order valence-electron chi connectivity index (χ3n) is 4.06. The van der Waals surface area contributed by atoms with Crippen molar-refractivity contribution in [1.82, 2.24) is 4.31 Å². The number of hydrogen-bond acceptors (Lipinski definition) is 4. The molecule has 0 aliphatic carbocycles. The van der Waals surface area contributed by atoms with Crippen LogP contribution < -0.4 is 9.64 Å². The smallest absolute Gasteiger partial charge is 0.243 e. The second-order valence-electron chi connectivity index (χ2n) is 5.40. The maximum absolute atomic E-state index is 12.6. The van der Waals surface area contributed by atoms with Gasteiger partial charge in [0.05, 0.1) is 12.0 Å². The van der Waals surface area contributed by atoms with E-state index in [1.54, 1.807) is 35.7 Å². The van der Waals surface area contributed by atoms with Crippen molar-refractivity contribution in [2.45, 2.75) is 4.90 Å². The summed E-state index contributed by atoms with van der Waals surface area (Å²) in [4.78, 5) is 2.55. The third-order valence-corrected chi connectivity index (χ3v) is 5.97. The molecule has 5 nitrogen and oxygen atoms in total. The Balaban J connectivity index is 1.68. The summed E-state index contributed by atoms with van der Waals surface area (Å²) in [6.07, 6.45) is 0. The Bertz CT molecular complexity index is 737. The van der Waals surface area contributed by atoms with Crippen molar-refractivity contribution in [2.24, 2.45) is 0 Å². The molecule has 1 aliphatic heterocycles. The van der Waals surface area contributed by atoms with Crippen molar-refractivity contribution in [2.75, 3.05) is 38.2 Å². The molecule has 0 N–H and O–H groups in total. The standard InChI is InChI=1S/C17H20N2O3S/c1-22-16-9-7-15(8-10-16)18-11-13-19(14-12-18)23(20,21)17-5-3-2-4-6-17/h2-10H,11-14H2,1H3. The summed E-state index contributed by atoms with van der Waals surface area (Å²) in [5, 5.41) is 0. The van der Waals surface area contributed by atoms with Gasteiger partial charge in [0.25, 0.3) is 0 Å². The fourth-order valence-corrected chi connectivity index (χ4v) is 4.16. The average molecular weight is 332 g/mol. The molecule has 1 heterocycles. The maximum Gasteiger partial charge on any atom is 0.243 e. The van der Waals surface area contributed by atoms with Crippen LogP contribution in [0.3, 0.4) is 0 Å². The lowest BCUT2D eigenvalue weighted by Gasteiger charge is -2.35. The van der Waals surface area contributed by atoms with Crippen LogP contribution in [0.25, 0.3) is 0 Å². The van der Waals surface area contributed by atoms with Gasteiger partial charge >= 0.3 is 0 Å². The first-order chi connectivity index (χ1) is 11.1. The SMILES string of the molecule is COc1ccc(N2CCN(S(=O)(=O)c3ccccc3)CC2)cc1. The van der Waals surface area contributed by atoms with Gasteiger partial charge < -0.3 is 9.64 Å². The van der Waals surface area contributed by atoms with Gasteiger partial charge in [-0.25, -0.2) is 8.42 Å². The van der Waals surface area contributed by atoms with Crippen molar-refractivity contribution in [3.63, 3.8) is 0 Å². The minimum Gasteiger partial charge on any atom is -0.497 e. The Morgan fingerprint density at radius 1 is 0.870 bits per heavy atom. The van der Waals surface area contributed by atoms with E-state index >= 15 is 0 Å². The maximum atomic E-state index is 12.6. The van der Waals surface area contributed by atoms with Crippen LogP contribution in [-0.2, 0) is 10.0 Å². The first kappa shape index (κ1) is 15.8. The monoisotopic (exact) mass is 332 g/mol. The normalized spacial score (nSPS) is 16.3. The summed E-state index contributed by atoms with van der Waals surface area (Å²) in [6.45, 7) is 2.34. The highest BCUT2D eigenvalue weighted by Gasteiger charge is 2.28. The van der Waals surface area contributed by atoms with E-state index < -0.39 is 10.0 Å². The third kappa shape index (κ3) is 3.33. The van der Waals surface area contributed by atoms with Crippen molar-refractivity contribution in [3.05, 3.63) is 54.6 Å². The minimum absolute atomic E-state index is 0.359. The number of sulfonamides is 1. The largest absolute Gasteiger partial charge is 0.497 e. The lowest BCUT2D eigenvalue weighted by atomic mass is 10.2.